The lowest BCUT2D eigenvalue weighted by Crippen LogP contribution is -2.45. The van der Waals surface area contributed by atoms with Crippen LogP contribution >= 0.6 is 23.2 Å². The van der Waals surface area contributed by atoms with E-state index in [-0.39, 0.29) is 5.92 Å². The summed E-state index contributed by atoms with van der Waals surface area (Å²) in [4.78, 5) is 22.9. The average molecular weight is 282 g/mol. The van der Waals surface area contributed by atoms with E-state index in [9.17, 15) is 9.59 Å². The van der Waals surface area contributed by atoms with Crippen molar-refractivity contribution < 1.29 is 14.7 Å². The molecule has 98 valence electrons. The summed E-state index contributed by atoms with van der Waals surface area (Å²) in [6, 6.07) is -0.885. The molecule has 1 saturated carbocycles. The summed E-state index contributed by atoms with van der Waals surface area (Å²) < 4.78 is -1.07. The zero-order valence-corrected chi connectivity index (χ0v) is 11.6. The molecule has 0 bridgehead atoms. The Labute approximate surface area is 111 Å². The lowest BCUT2D eigenvalue weighted by molar-refractivity contribution is -0.143. The Kier molecular flexibility index (Phi) is 3.99. The van der Waals surface area contributed by atoms with Crippen LogP contribution in [0.3, 0.4) is 0 Å². The number of aliphatic carboxylic acids is 1. The van der Waals surface area contributed by atoms with Crippen LogP contribution in [0.25, 0.3) is 0 Å². The van der Waals surface area contributed by atoms with Crippen LogP contribution in [0.15, 0.2) is 0 Å². The molecule has 0 radical (unpaired) electrons. The fourth-order valence-corrected chi connectivity index (χ4v) is 2.36. The second-order valence-electron chi connectivity index (χ2n) is 5.21. The molecule has 0 unspecified atom stereocenters. The number of nitrogens with one attached hydrogen (secondary N) is 1. The maximum absolute atomic E-state index is 11.9. The molecule has 0 aromatic carbocycles. The molecule has 0 aromatic rings. The van der Waals surface area contributed by atoms with Crippen LogP contribution < -0.4 is 5.32 Å². The van der Waals surface area contributed by atoms with Gasteiger partial charge in [-0.05, 0) is 25.7 Å². The molecule has 2 atom stereocenters. The zero-order chi connectivity index (χ0) is 13.4. The predicted molar refractivity (Wildman–Crippen MR) is 66.2 cm³/mol. The molecule has 2 N–H and O–H groups in total. The molecule has 0 heterocycles. The SMILES string of the molecule is CC(C)C[C@@H](NC(=O)[C@@]1(C)CC1(Cl)Cl)C(=O)O. The normalized spacial score (nSPS) is 27.6. The molecular weight excluding hydrogens is 265 g/mol. The van der Waals surface area contributed by atoms with E-state index in [4.69, 9.17) is 28.3 Å². The Morgan fingerprint density at radius 3 is 2.18 bits per heavy atom. The van der Waals surface area contributed by atoms with Gasteiger partial charge in [0.2, 0.25) is 5.91 Å². The smallest absolute Gasteiger partial charge is 0.326 e. The molecule has 0 aromatic heterocycles. The second-order valence-corrected chi connectivity index (χ2v) is 6.69. The average Bonchev–Trinajstić information content (AvgIpc) is 2.65. The quantitative estimate of drug-likeness (QED) is 0.759. The highest BCUT2D eigenvalue weighted by Crippen LogP contribution is 2.63. The van der Waals surface area contributed by atoms with Gasteiger partial charge in [-0.25, -0.2) is 4.79 Å². The number of alkyl halides is 2. The van der Waals surface area contributed by atoms with Crippen molar-refractivity contribution in [3.8, 4) is 0 Å². The number of carboxylic acids is 1. The molecule has 1 fully saturated rings. The monoisotopic (exact) mass is 281 g/mol. The Morgan fingerprint density at radius 1 is 1.41 bits per heavy atom. The van der Waals surface area contributed by atoms with Crippen LogP contribution in [-0.4, -0.2) is 27.4 Å². The topological polar surface area (TPSA) is 66.4 Å². The summed E-state index contributed by atoms with van der Waals surface area (Å²) in [6.45, 7) is 5.43. The van der Waals surface area contributed by atoms with Crippen molar-refractivity contribution >= 4 is 35.1 Å². The van der Waals surface area contributed by atoms with Gasteiger partial charge in [0.1, 0.15) is 10.4 Å². The fraction of sp³-hybridized carbons (Fsp3) is 0.818. The van der Waals surface area contributed by atoms with Gasteiger partial charge in [-0.15, -0.1) is 23.2 Å². The Hall–Kier alpha value is -0.480. The highest BCUT2D eigenvalue weighted by Gasteiger charge is 2.68. The highest BCUT2D eigenvalue weighted by atomic mass is 35.5. The number of hydrogen-bond acceptors (Lipinski definition) is 2. The van der Waals surface area contributed by atoms with Crippen LogP contribution in [0.2, 0.25) is 0 Å². The number of hydrogen-bond donors (Lipinski definition) is 2. The summed E-state index contributed by atoms with van der Waals surface area (Å²) in [5.74, 6) is -1.25. The van der Waals surface area contributed by atoms with Crippen molar-refractivity contribution in [1.82, 2.24) is 5.32 Å². The Bertz CT molecular complexity index is 344. The molecule has 0 saturated heterocycles. The number of carbonyl (C=O) groups is 2. The van der Waals surface area contributed by atoms with E-state index < -0.39 is 27.7 Å². The Balaban J connectivity index is 2.63. The van der Waals surface area contributed by atoms with E-state index in [1.165, 1.54) is 0 Å². The molecule has 17 heavy (non-hydrogen) atoms. The number of amides is 1. The molecule has 1 amide bonds. The number of halogens is 2. The third-order valence-electron chi connectivity index (χ3n) is 3.07. The minimum atomic E-state index is -1.07. The van der Waals surface area contributed by atoms with Gasteiger partial charge in [-0.1, -0.05) is 13.8 Å². The maximum Gasteiger partial charge on any atom is 0.326 e. The first-order chi connectivity index (χ1) is 7.60. The first-order valence-electron chi connectivity index (χ1n) is 5.52. The van der Waals surface area contributed by atoms with Gasteiger partial charge in [0.15, 0.2) is 0 Å². The summed E-state index contributed by atoms with van der Waals surface area (Å²) in [6.07, 6.45) is 0.734. The van der Waals surface area contributed by atoms with Gasteiger partial charge in [-0.3, -0.25) is 4.79 Å². The van der Waals surface area contributed by atoms with Crippen LogP contribution in [0.5, 0.6) is 0 Å². The molecule has 0 spiro atoms. The van der Waals surface area contributed by atoms with E-state index in [2.05, 4.69) is 5.32 Å². The van der Waals surface area contributed by atoms with Crippen molar-refractivity contribution in [2.75, 3.05) is 0 Å². The fourth-order valence-electron chi connectivity index (χ4n) is 1.66. The van der Waals surface area contributed by atoms with Crippen molar-refractivity contribution in [3.05, 3.63) is 0 Å². The highest BCUT2D eigenvalue weighted by molar-refractivity contribution is 6.53. The third kappa shape index (κ3) is 3.05. The molecule has 6 heteroatoms. The van der Waals surface area contributed by atoms with Gasteiger partial charge in [-0.2, -0.15) is 0 Å². The lowest BCUT2D eigenvalue weighted by Gasteiger charge is -2.19. The van der Waals surface area contributed by atoms with Gasteiger partial charge in [0.05, 0.1) is 5.41 Å². The van der Waals surface area contributed by atoms with Crippen LogP contribution in [0, 0.1) is 11.3 Å². The number of carboxylic acid groups (broad SMARTS) is 1. The number of rotatable bonds is 5. The second kappa shape index (κ2) is 4.65. The number of carbonyl (C=O) groups excluding carboxylic acids is 1. The largest absolute Gasteiger partial charge is 0.480 e. The van der Waals surface area contributed by atoms with E-state index >= 15 is 0 Å². The minimum Gasteiger partial charge on any atom is -0.480 e. The zero-order valence-electron chi connectivity index (χ0n) is 10.1. The van der Waals surface area contributed by atoms with E-state index in [1.807, 2.05) is 13.8 Å². The maximum atomic E-state index is 11.9. The molecule has 4 nitrogen and oxygen atoms in total. The molecule has 1 rings (SSSR count). The summed E-state index contributed by atoms with van der Waals surface area (Å²) >= 11 is 11.7. The molecular formula is C11H17Cl2NO3. The first-order valence-corrected chi connectivity index (χ1v) is 6.27. The standard InChI is InChI=1S/C11H17Cl2NO3/c1-6(2)4-7(8(15)16)14-9(17)10(3)5-11(10,12)13/h6-7H,4-5H2,1-3H3,(H,14,17)(H,15,16)/t7-,10-/m1/s1. The van der Waals surface area contributed by atoms with Crippen molar-refractivity contribution in [2.24, 2.45) is 11.3 Å². The van der Waals surface area contributed by atoms with E-state index in [0.29, 0.717) is 12.8 Å². The van der Waals surface area contributed by atoms with Crippen molar-refractivity contribution in [3.63, 3.8) is 0 Å². The first kappa shape index (κ1) is 14.6. The van der Waals surface area contributed by atoms with Crippen LogP contribution in [0.4, 0.5) is 0 Å². The Morgan fingerprint density at radius 2 is 1.88 bits per heavy atom. The molecule has 0 aliphatic heterocycles. The van der Waals surface area contributed by atoms with Gasteiger partial charge in [0, 0.05) is 0 Å². The van der Waals surface area contributed by atoms with Gasteiger partial charge in [0.25, 0.3) is 0 Å². The summed E-state index contributed by atoms with van der Waals surface area (Å²) in [7, 11) is 0. The van der Waals surface area contributed by atoms with Crippen molar-refractivity contribution in [1.29, 1.82) is 0 Å². The summed E-state index contributed by atoms with van der Waals surface area (Å²) in [5, 5.41) is 11.5. The van der Waals surface area contributed by atoms with E-state index in [0.717, 1.165) is 0 Å². The lowest BCUT2D eigenvalue weighted by atomic mass is 10.0. The minimum absolute atomic E-state index is 0.181. The molecule has 1 aliphatic carbocycles. The van der Waals surface area contributed by atoms with Crippen LogP contribution in [0.1, 0.15) is 33.6 Å². The summed E-state index contributed by atoms with van der Waals surface area (Å²) in [5.41, 5.74) is -0.874. The molecule has 1 aliphatic rings. The van der Waals surface area contributed by atoms with E-state index in [1.54, 1.807) is 6.92 Å². The van der Waals surface area contributed by atoms with Gasteiger partial charge < -0.3 is 10.4 Å². The van der Waals surface area contributed by atoms with Crippen LogP contribution in [-0.2, 0) is 9.59 Å². The third-order valence-corrected chi connectivity index (χ3v) is 4.17. The van der Waals surface area contributed by atoms with Crippen molar-refractivity contribution in [2.45, 2.75) is 44.0 Å². The van der Waals surface area contributed by atoms with Gasteiger partial charge >= 0.3 is 5.97 Å². The predicted octanol–water partition coefficient (Wildman–Crippen LogP) is 2.19.